The van der Waals surface area contributed by atoms with E-state index in [9.17, 15) is 0 Å². The van der Waals surface area contributed by atoms with Gasteiger partial charge in [-0.15, -0.1) is 11.3 Å². The first-order valence-electron chi connectivity index (χ1n) is 5.70. The maximum absolute atomic E-state index is 4.17. The van der Waals surface area contributed by atoms with Crippen molar-refractivity contribution in [1.29, 1.82) is 0 Å². The highest BCUT2D eigenvalue weighted by Gasteiger charge is 2.03. The van der Waals surface area contributed by atoms with Gasteiger partial charge in [0.2, 0.25) is 0 Å². The molecule has 8 heteroatoms. The van der Waals surface area contributed by atoms with Gasteiger partial charge in [-0.05, 0) is 28.1 Å². The van der Waals surface area contributed by atoms with Crippen molar-refractivity contribution in [2.45, 2.75) is 13.1 Å². The zero-order valence-electron chi connectivity index (χ0n) is 10.7. The zero-order valence-corrected chi connectivity index (χ0v) is 13.1. The number of hydrogen-bond acceptors (Lipinski definition) is 4. The highest BCUT2D eigenvalue weighted by atomic mass is 79.9. The number of thiophene rings is 1. The second kappa shape index (κ2) is 6.67. The Labute approximate surface area is 124 Å². The van der Waals surface area contributed by atoms with Gasteiger partial charge in [-0.3, -0.25) is 9.67 Å². The van der Waals surface area contributed by atoms with Gasteiger partial charge in [0.1, 0.15) is 12.2 Å². The summed E-state index contributed by atoms with van der Waals surface area (Å²) in [4.78, 5) is 9.56. The first kappa shape index (κ1) is 14.0. The van der Waals surface area contributed by atoms with Crippen molar-refractivity contribution in [2.24, 2.45) is 12.0 Å². The summed E-state index contributed by atoms with van der Waals surface area (Å²) >= 11 is 5.15. The maximum atomic E-state index is 4.17. The number of guanidine groups is 1. The summed E-state index contributed by atoms with van der Waals surface area (Å²) in [6, 6.07) is 4.12. The molecular weight excluding hydrogens is 328 g/mol. The zero-order chi connectivity index (χ0) is 13.7. The number of rotatable bonds is 4. The Hall–Kier alpha value is -1.41. The molecule has 2 aromatic rings. The summed E-state index contributed by atoms with van der Waals surface area (Å²) < 4.78 is 2.86. The molecule has 6 nitrogen and oxygen atoms in total. The van der Waals surface area contributed by atoms with E-state index < -0.39 is 0 Å². The van der Waals surface area contributed by atoms with E-state index in [2.05, 4.69) is 47.7 Å². The average Bonchev–Trinajstić information content (AvgIpc) is 2.99. The molecule has 0 radical (unpaired) electrons. The molecule has 0 saturated carbocycles. The first-order chi connectivity index (χ1) is 9.19. The topological polar surface area (TPSA) is 67.1 Å². The standard InChI is InChI=1S/C11H15BrN6S/c1-13-11(14-5-8-3-4-9(12)19-8)15-6-10-16-7-17-18(10)2/h3-4,7H,5-6H2,1-2H3,(H2,13,14,15). The SMILES string of the molecule is CN=C(NCc1ccc(Br)s1)NCc1ncnn1C. The van der Waals surface area contributed by atoms with Gasteiger partial charge in [0.15, 0.2) is 5.96 Å². The number of hydrogen-bond donors (Lipinski definition) is 2. The number of nitrogens with one attached hydrogen (secondary N) is 2. The van der Waals surface area contributed by atoms with Crippen LogP contribution in [0.15, 0.2) is 27.2 Å². The molecule has 0 spiro atoms. The lowest BCUT2D eigenvalue weighted by Crippen LogP contribution is -2.36. The van der Waals surface area contributed by atoms with Crippen molar-refractivity contribution >= 4 is 33.2 Å². The number of nitrogens with zero attached hydrogens (tertiary/aromatic N) is 4. The van der Waals surface area contributed by atoms with Crippen molar-refractivity contribution in [2.75, 3.05) is 7.05 Å². The van der Waals surface area contributed by atoms with Crippen molar-refractivity contribution in [3.8, 4) is 0 Å². The number of halogens is 1. The molecule has 0 aliphatic heterocycles. The van der Waals surface area contributed by atoms with Crippen LogP contribution >= 0.6 is 27.3 Å². The van der Waals surface area contributed by atoms with E-state index in [1.54, 1.807) is 23.1 Å². The Balaban J connectivity index is 1.82. The van der Waals surface area contributed by atoms with Crippen LogP contribution in [0, 0.1) is 0 Å². The monoisotopic (exact) mass is 342 g/mol. The van der Waals surface area contributed by atoms with Crippen LogP contribution in [0.1, 0.15) is 10.7 Å². The van der Waals surface area contributed by atoms with E-state index in [0.29, 0.717) is 6.54 Å². The molecule has 0 atom stereocenters. The van der Waals surface area contributed by atoms with Crippen LogP contribution in [-0.2, 0) is 20.1 Å². The number of aryl methyl sites for hydroxylation is 1. The Morgan fingerprint density at radius 2 is 2.21 bits per heavy atom. The minimum Gasteiger partial charge on any atom is -0.352 e. The predicted octanol–water partition coefficient (Wildman–Crippen LogP) is 1.50. The van der Waals surface area contributed by atoms with Gasteiger partial charge in [0, 0.05) is 19.0 Å². The molecule has 0 bridgehead atoms. The molecule has 0 aliphatic carbocycles. The fourth-order valence-corrected chi connectivity index (χ4v) is 2.90. The Kier molecular flexibility index (Phi) is 4.92. The lowest BCUT2D eigenvalue weighted by Gasteiger charge is -2.10. The molecule has 19 heavy (non-hydrogen) atoms. The normalized spacial score (nSPS) is 11.6. The largest absolute Gasteiger partial charge is 0.352 e. The highest BCUT2D eigenvalue weighted by molar-refractivity contribution is 9.11. The molecule has 0 unspecified atom stereocenters. The first-order valence-corrected chi connectivity index (χ1v) is 7.31. The number of aromatic nitrogens is 3. The van der Waals surface area contributed by atoms with Crippen LogP contribution in [0.2, 0.25) is 0 Å². The van der Waals surface area contributed by atoms with Crippen LogP contribution in [-0.4, -0.2) is 27.8 Å². The summed E-state index contributed by atoms with van der Waals surface area (Å²) in [7, 11) is 3.61. The summed E-state index contributed by atoms with van der Waals surface area (Å²) in [5, 5.41) is 10.5. The minimum atomic E-state index is 0.588. The van der Waals surface area contributed by atoms with Gasteiger partial charge in [0.25, 0.3) is 0 Å². The second-order valence-electron chi connectivity index (χ2n) is 3.79. The molecule has 2 rings (SSSR count). The van der Waals surface area contributed by atoms with Crippen LogP contribution in [0.25, 0.3) is 0 Å². The van der Waals surface area contributed by atoms with Gasteiger partial charge >= 0.3 is 0 Å². The number of aliphatic imine (C=N–C) groups is 1. The van der Waals surface area contributed by atoms with Gasteiger partial charge < -0.3 is 10.6 Å². The summed E-state index contributed by atoms with van der Waals surface area (Å²) in [6.45, 7) is 1.33. The van der Waals surface area contributed by atoms with E-state index in [4.69, 9.17) is 0 Å². The van der Waals surface area contributed by atoms with Crippen molar-refractivity contribution in [1.82, 2.24) is 25.4 Å². The third-order valence-corrected chi connectivity index (χ3v) is 4.13. The second-order valence-corrected chi connectivity index (χ2v) is 6.33. The molecule has 0 fully saturated rings. The van der Waals surface area contributed by atoms with E-state index in [1.807, 2.05) is 13.1 Å². The summed E-state index contributed by atoms with van der Waals surface area (Å²) in [5.74, 6) is 1.61. The smallest absolute Gasteiger partial charge is 0.191 e. The van der Waals surface area contributed by atoms with Crippen molar-refractivity contribution in [3.63, 3.8) is 0 Å². The van der Waals surface area contributed by atoms with E-state index >= 15 is 0 Å². The Bertz CT molecular complexity index is 561. The predicted molar refractivity (Wildman–Crippen MR) is 80.1 cm³/mol. The molecule has 0 amide bonds. The maximum Gasteiger partial charge on any atom is 0.191 e. The fourth-order valence-electron chi connectivity index (χ4n) is 1.48. The summed E-state index contributed by atoms with van der Waals surface area (Å²) in [6.07, 6.45) is 1.54. The average molecular weight is 343 g/mol. The van der Waals surface area contributed by atoms with Crippen LogP contribution < -0.4 is 10.6 Å². The summed E-state index contributed by atoms with van der Waals surface area (Å²) in [5.41, 5.74) is 0. The van der Waals surface area contributed by atoms with Gasteiger partial charge in [0.05, 0.1) is 16.9 Å². The van der Waals surface area contributed by atoms with E-state index in [0.717, 1.165) is 22.1 Å². The lowest BCUT2D eigenvalue weighted by atomic mass is 10.4. The lowest BCUT2D eigenvalue weighted by molar-refractivity contribution is 0.673. The molecule has 2 heterocycles. The quantitative estimate of drug-likeness (QED) is 0.652. The van der Waals surface area contributed by atoms with Crippen LogP contribution in [0.3, 0.4) is 0 Å². The Morgan fingerprint density at radius 1 is 1.42 bits per heavy atom. The van der Waals surface area contributed by atoms with Crippen LogP contribution in [0.5, 0.6) is 0 Å². The molecule has 0 aromatic carbocycles. The molecule has 2 N–H and O–H groups in total. The Morgan fingerprint density at radius 3 is 2.79 bits per heavy atom. The van der Waals surface area contributed by atoms with Crippen LogP contribution in [0.4, 0.5) is 0 Å². The van der Waals surface area contributed by atoms with E-state index in [-0.39, 0.29) is 0 Å². The molecule has 102 valence electrons. The van der Waals surface area contributed by atoms with E-state index in [1.165, 1.54) is 11.2 Å². The van der Waals surface area contributed by atoms with Crippen molar-refractivity contribution < 1.29 is 0 Å². The molecular formula is C11H15BrN6S. The third kappa shape index (κ3) is 4.03. The van der Waals surface area contributed by atoms with Gasteiger partial charge in [-0.2, -0.15) is 5.10 Å². The fraction of sp³-hybridized carbons (Fsp3) is 0.364. The third-order valence-electron chi connectivity index (χ3n) is 2.50. The minimum absolute atomic E-state index is 0.588. The highest BCUT2D eigenvalue weighted by Crippen LogP contribution is 2.21. The van der Waals surface area contributed by atoms with Gasteiger partial charge in [-0.25, -0.2) is 4.98 Å². The molecule has 0 aliphatic rings. The molecule has 0 saturated heterocycles. The van der Waals surface area contributed by atoms with Gasteiger partial charge in [-0.1, -0.05) is 0 Å². The van der Waals surface area contributed by atoms with Crippen molar-refractivity contribution in [3.05, 3.63) is 32.9 Å². The molecule has 2 aromatic heterocycles.